The van der Waals surface area contributed by atoms with Crippen LogP contribution < -0.4 is 0 Å². The molecule has 3 aromatic rings. The zero-order valence-electron chi connectivity index (χ0n) is 14.8. The third kappa shape index (κ3) is 3.89. The second-order valence-electron chi connectivity index (χ2n) is 6.13. The van der Waals surface area contributed by atoms with Gasteiger partial charge in [0.2, 0.25) is 0 Å². The average molecular weight is 390 g/mol. The van der Waals surface area contributed by atoms with Gasteiger partial charge in [0.05, 0.1) is 16.7 Å². The number of hydrogen-bond acceptors (Lipinski definition) is 4. The Balaban J connectivity index is 2.16. The van der Waals surface area contributed by atoms with Crippen molar-refractivity contribution < 1.29 is 34.5 Å². The van der Waals surface area contributed by atoms with Gasteiger partial charge in [0.1, 0.15) is 0 Å². The number of ketones is 1. The SMILES string of the molecule is O=C(O)c1cc(C(=O)O)c(C(=O)c2cccc(-c3ccccc3)c2)cc1C(=O)O. The molecule has 7 nitrogen and oxygen atoms in total. The largest absolute Gasteiger partial charge is 0.478 e. The van der Waals surface area contributed by atoms with Crippen LogP contribution in [0.2, 0.25) is 0 Å². The molecule has 0 bridgehead atoms. The molecule has 144 valence electrons. The van der Waals surface area contributed by atoms with Gasteiger partial charge < -0.3 is 15.3 Å². The highest BCUT2D eigenvalue weighted by Crippen LogP contribution is 2.25. The van der Waals surface area contributed by atoms with Gasteiger partial charge in [-0.3, -0.25) is 4.79 Å². The van der Waals surface area contributed by atoms with Crippen molar-refractivity contribution in [2.24, 2.45) is 0 Å². The van der Waals surface area contributed by atoms with Gasteiger partial charge in [0.15, 0.2) is 5.78 Å². The summed E-state index contributed by atoms with van der Waals surface area (Å²) < 4.78 is 0. The molecule has 7 heteroatoms. The summed E-state index contributed by atoms with van der Waals surface area (Å²) in [6.45, 7) is 0. The molecular formula is C22H14O7. The summed E-state index contributed by atoms with van der Waals surface area (Å²) in [6, 6.07) is 17.1. The Bertz CT molecular complexity index is 1150. The van der Waals surface area contributed by atoms with Gasteiger partial charge >= 0.3 is 17.9 Å². The third-order valence-electron chi connectivity index (χ3n) is 4.33. The van der Waals surface area contributed by atoms with E-state index in [4.69, 9.17) is 0 Å². The van der Waals surface area contributed by atoms with E-state index in [2.05, 4.69) is 0 Å². The first-order chi connectivity index (χ1) is 13.8. The van der Waals surface area contributed by atoms with Crippen LogP contribution in [0.4, 0.5) is 0 Å². The molecule has 0 saturated carbocycles. The highest BCUT2D eigenvalue weighted by molar-refractivity contribution is 6.17. The number of carboxylic acid groups (broad SMARTS) is 3. The van der Waals surface area contributed by atoms with Crippen molar-refractivity contribution in [2.45, 2.75) is 0 Å². The van der Waals surface area contributed by atoms with Crippen LogP contribution in [0.3, 0.4) is 0 Å². The highest BCUT2D eigenvalue weighted by Gasteiger charge is 2.26. The summed E-state index contributed by atoms with van der Waals surface area (Å²) in [5.74, 6) is -5.44. The lowest BCUT2D eigenvalue weighted by Gasteiger charge is -2.11. The Hall–Kier alpha value is -4.26. The Morgan fingerprint density at radius 1 is 0.517 bits per heavy atom. The van der Waals surface area contributed by atoms with E-state index < -0.39 is 45.9 Å². The second kappa shape index (κ2) is 7.77. The topological polar surface area (TPSA) is 129 Å². The monoisotopic (exact) mass is 390 g/mol. The van der Waals surface area contributed by atoms with Crippen LogP contribution in [0.25, 0.3) is 11.1 Å². The molecule has 29 heavy (non-hydrogen) atoms. The first kappa shape index (κ1) is 19.5. The second-order valence-corrected chi connectivity index (χ2v) is 6.13. The Morgan fingerprint density at radius 3 is 1.55 bits per heavy atom. The minimum Gasteiger partial charge on any atom is -0.478 e. The summed E-state index contributed by atoms with van der Waals surface area (Å²) in [5, 5.41) is 27.9. The molecule has 0 amide bonds. The number of hydrogen-bond donors (Lipinski definition) is 3. The maximum absolute atomic E-state index is 13.0. The fraction of sp³-hybridized carbons (Fsp3) is 0. The number of rotatable bonds is 6. The van der Waals surface area contributed by atoms with Crippen LogP contribution in [-0.4, -0.2) is 39.0 Å². The number of carboxylic acids is 3. The maximum Gasteiger partial charge on any atom is 0.336 e. The molecule has 0 heterocycles. The Labute approximate surface area is 164 Å². The molecule has 0 aliphatic heterocycles. The van der Waals surface area contributed by atoms with Crippen LogP contribution in [-0.2, 0) is 0 Å². The number of aromatic carboxylic acids is 3. The lowest BCUT2D eigenvalue weighted by atomic mass is 9.92. The van der Waals surface area contributed by atoms with Gasteiger partial charge in [-0.1, -0.05) is 48.5 Å². The minimum absolute atomic E-state index is 0.147. The zero-order chi connectivity index (χ0) is 21.1. The molecule has 3 N–H and O–H groups in total. The van der Waals surface area contributed by atoms with Crippen LogP contribution in [0.15, 0.2) is 66.7 Å². The Kier molecular flexibility index (Phi) is 5.23. The molecular weight excluding hydrogens is 376 g/mol. The Morgan fingerprint density at radius 2 is 1.00 bits per heavy atom. The fourth-order valence-corrected chi connectivity index (χ4v) is 2.94. The molecule has 0 aliphatic carbocycles. The molecule has 0 saturated heterocycles. The summed E-state index contributed by atoms with van der Waals surface area (Å²) >= 11 is 0. The van der Waals surface area contributed by atoms with Crippen molar-refractivity contribution in [1.82, 2.24) is 0 Å². The van der Waals surface area contributed by atoms with Gasteiger partial charge in [-0.15, -0.1) is 0 Å². The average Bonchev–Trinajstić information content (AvgIpc) is 2.72. The molecule has 0 atom stereocenters. The minimum atomic E-state index is -1.60. The molecule has 3 aromatic carbocycles. The summed E-state index contributed by atoms with van der Waals surface area (Å²) in [5.41, 5.74) is -0.641. The van der Waals surface area contributed by atoms with E-state index in [1.165, 1.54) is 6.07 Å². The van der Waals surface area contributed by atoms with E-state index in [0.717, 1.165) is 11.6 Å². The predicted molar refractivity (Wildman–Crippen MR) is 103 cm³/mol. The first-order valence-electron chi connectivity index (χ1n) is 8.37. The quantitative estimate of drug-likeness (QED) is 0.548. The summed E-state index contributed by atoms with van der Waals surface area (Å²) in [7, 11) is 0. The zero-order valence-corrected chi connectivity index (χ0v) is 14.8. The van der Waals surface area contributed by atoms with Crippen molar-refractivity contribution in [3.05, 3.63) is 94.5 Å². The van der Waals surface area contributed by atoms with Crippen LogP contribution in [0.1, 0.15) is 47.0 Å². The summed E-state index contributed by atoms with van der Waals surface area (Å²) in [6.07, 6.45) is 0. The van der Waals surface area contributed by atoms with E-state index >= 15 is 0 Å². The highest BCUT2D eigenvalue weighted by atomic mass is 16.4. The van der Waals surface area contributed by atoms with Crippen LogP contribution in [0, 0.1) is 0 Å². The van der Waals surface area contributed by atoms with Crippen molar-refractivity contribution in [1.29, 1.82) is 0 Å². The van der Waals surface area contributed by atoms with Crippen molar-refractivity contribution in [3.63, 3.8) is 0 Å². The van der Waals surface area contributed by atoms with Gasteiger partial charge in [0, 0.05) is 11.1 Å². The number of carbonyl (C=O) groups is 4. The molecule has 3 rings (SSSR count). The van der Waals surface area contributed by atoms with Gasteiger partial charge in [-0.2, -0.15) is 0 Å². The first-order valence-corrected chi connectivity index (χ1v) is 8.37. The van der Waals surface area contributed by atoms with Gasteiger partial charge in [0.25, 0.3) is 0 Å². The summed E-state index contributed by atoms with van der Waals surface area (Å²) in [4.78, 5) is 47.4. The standard InChI is InChI=1S/C22H14O7/c23-19(14-8-4-7-13(9-14)12-5-2-1-3-6-12)15-10-17(21(26)27)18(22(28)29)11-16(15)20(24)25/h1-11H,(H,24,25)(H,26,27)(H,28,29). The van der Waals surface area contributed by atoms with Crippen molar-refractivity contribution >= 4 is 23.7 Å². The van der Waals surface area contributed by atoms with Crippen LogP contribution in [0.5, 0.6) is 0 Å². The van der Waals surface area contributed by atoms with Gasteiger partial charge in [-0.25, -0.2) is 14.4 Å². The van der Waals surface area contributed by atoms with E-state index in [0.29, 0.717) is 11.6 Å². The van der Waals surface area contributed by atoms with E-state index in [9.17, 15) is 34.5 Å². The molecule has 0 aromatic heterocycles. The molecule has 0 unspecified atom stereocenters. The molecule has 0 radical (unpaired) electrons. The normalized spacial score (nSPS) is 10.3. The molecule has 0 fully saturated rings. The van der Waals surface area contributed by atoms with E-state index in [1.807, 2.05) is 30.3 Å². The lowest BCUT2D eigenvalue weighted by molar-refractivity contribution is 0.0648. The maximum atomic E-state index is 13.0. The lowest BCUT2D eigenvalue weighted by Crippen LogP contribution is -2.16. The number of carbonyl (C=O) groups excluding carboxylic acids is 1. The fourth-order valence-electron chi connectivity index (χ4n) is 2.94. The van der Waals surface area contributed by atoms with Gasteiger partial charge in [-0.05, 0) is 29.3 Å². The molecule has 0 spiro atoms. The third-order valence-corrected chi connectivity index (χ3v) is 4.33. The smallest absolute Gasteiger partial charge is 0.336 e. The van der Waals surface area contributed by atoms with Crippen molar-refractivity contribution in [3.8, 4) is 11.1 Å². The number of benzene rings is 3. The van der Waals surface area contributed by atoms with E-state index in [-0.39, 0.29) is 5.56 Å². The van der Waals surface area contributed by atoms with Crippen LogP contribution >= 0.6 is 0 Å². The molecule has 0 aliphatic rings. The predicted octanol–water partition coefficient (Wildman–Crippen LogP) is 3.68. The van der Waals surface area contributed by atoms with Crippen molar-refractivity contribution in [2.75, 3.05) is 0 Å². The van der Waals surface area contributed by atoms with E-state index in [1.54, 1.807) is 18.2 Å².